The van der Waals surface area contributed by atoms with Gasteiger partial charge in [0.2, 0.25) is 11.8 Å². The fraction of sp³-hybridized carbons (Fsp3) is 0.391. The van der Waals surface area contributed by atoms with Gasteiger partial charge in [-0.15, -0.1) is 11.8 Å². The molecule has 0 radical (unpaired) electrons. The predicted octanol–water partition coefficient (Wildman–Crippen LogP) is 3.05. The Morgan fingerprint density at radius 1 is 1.07 bits per heavy atom. The molecule has 3 fully saturated rings. The SMILES string of the molecule is O=C(Nc1ccc(N2CCOCC2)cc1)[C@@H]1CS[C@@]2(c3ccccc3)CCC(=O)N12. The number of ether oxygens (including phenoxy) is 1. The van der Waals surface area contributed by atoms with Crippen LogP contribution in [0.15, 0.2) is 54.6 Å². The number of benzene rings is 2. The number of hydrogen-bond acceptors (Lipinski definition) is 5. The Balaban J connectivity index is 1.31. The zero-order chi connectivity index (χ0) is 20.6. The Morgan fingerprint density at radius 3 is 2.53 bits per heavy atom. The monoisotopic (exact) mass is 423 g/mol. The van der Waals surface area contributed by atoms with Crippen LogP contribution >= 0.6 is 11.8 Å². The molecule has 2 amide bonds. The number of thioether (sulfide) groups is 1. The Kier molecular flexibility index (Phi) is 5.16. The summed E-state index contributed by atoms with van der Waals surface area (Å²) in [5.41, 5.74) is 2.99. The van der Waals surface area contributed by atoms with Crippen LogP contribution in [0.5, 0.6) is 0 Å². The number of amides is 2. The van der Waals surface area contributed by atoms with E-state index in [9.17, 15) is 9.59 Å². The molecule has 30 heavy (non-hydrogen) atoms. The lowest BCUT2D eigenvalue weighted by molar-refractivity contribution is -0.136. The van der Waals surface area contributed by atoms with Gasteiger partial charge in [0.15, 0.2) is 0 Å². The summed E-state index contributed by atoms with van der Waals surface area (Å²) in [5, 5.41) is 3.03. The summed E-state index contributed by atoms with van der Waals surface area (Å²) in [4.78, 5) is 29.5. The standard InChI is InChI=1S/C23H25N3O3S/c27-21-10-11-23(17-4-2-1-3-5-17)26(21)20(16-30-23)22(28)24-18-6-8-19(9-7-18)25-12-14-29-15-13-25/h1-9,20H,10-16H2,(H,24,28)/t20-,23+/m0/s1. The summed E-state index contributed by atoms with van der Waals surface area (Å²) in [7, 11) is 0. The van der Waals surface area contributed by atoms with E-state index in [0.29, 0.717) is 12.2 Å². The van der Waals surface area contributed by atoms with Crippen molar-refractivity contribution < 1.29 is 14.3 Å². The van der Waals surface area contributed by atoms with Crippen LogP contribution in [0.1, 0.15) is 18.4 Å². The summed E-state index contributed by atoms with van der Waals surface area (Å²) in [6, 6.07) is 17.5. The maximum atomic E-state index is 13.1. The van der Waals surface area contributed by atoms with Crippen molar-refractivity contribution in [3.63, 3.8) is 0 Å². The van der Waals surface area contributed by atoms with Gasteiger partial charge in [-0.25, -0.2) is 0 Å². The normalized spacial score (nSPS) is 26.0. The minimum atomic E-state index is -0.455. The lowest BCUT2D eigenvalue weighted by atomic mass is 10.0. The molecule has 2 aromatic carbocycles. The minimum Gasteiger partial charge on any atom is -0.378 e. The molecule has 156 valence electrons. The summed E-state index contributed by atoms with van der Waals surface area (Å²) in [5.74, 6) is 0.555. The first-order chi connectivity index (χ1) is 14.7. The van der Waals surface area contributed by atoms with E-state index in [0.717, 1.165) is 49.7 Å². The Morgan fingerprint density at radius 2 is 1.80 bits per heavy atom. The third kappa shape index (κ3) is 3.36. The average Bonchev–Trinajstić information content (AvgIpc) is 3.35. The van der Waals surface area contributed by atoms with Crippen molar-refractivity contribution in [1.29, 1.82) is 0 Å². The van der Waals surface area contributed by atoms with Gasteiger partial charge in [-0.3, -0.25) is 9.59 Å². The van der Waals surface area contributed by atoms with Crippen LogP contribution < -0.4 is 10.2 Å². The zero-order valence-electron chi connectivity index (χ0n) is 16.8. The van der Waals surface area contributed by atoms with Crippen molar-refractivity contribution in [2.75, 3.05) is 42.3 Å². The summed E-state index contributed by atoms with van der Waals surface area (Å²) >= 11 is 1.71. The molecule has 3 heterocycles. The number of carbonyl (C=O) groups is 2. The number of nitrogens with one attached hydrogen (secondary N) is 1. The van der Waals surface area contributed by atoms with Crippen LogP contribution in [0.25, 0.3) is 0 Å². The molecule has 1 N–H and O–H groups in total. The van der Waals surface area contributed by atoms with Crippen molar-refractivity contribution >= 4 is 35.0 Å². The minimum absolute atomic E-state index is 0.0617. The largest absolute Gasteiger partial charge is 0.378 e. The Labute approximate surface area is 180 Å². The molecule has 3 saturated heterocycles. The predicted molar refractivity (Wildman–Crippen MR) is 119 cm³/mol. The highest BCUT2D eigenvalue weighted by Gasteiger charge is 2.56. The summed E-state index contributed by atoms with van der Waals surface area (Å²) in [6.45, 7) is 3.24. The molecule has 0 aromatic heterocycles. The first kappa shape index (κ1) is 19.5. The highest BCUT2D eigenvalue weighted by molar-refractivity contribution is 8.00. The van der Waals surface area contributed by atoms with Gasteiger partial charge in [0.1, 0.15) is 10.9 Å². The average molecular weight is 424 g/mol. The van der Waals surface area contributed by atoms with Gasteiger partial charge in [-0.2, -0.15) is 0 Å². The van der Waals surface area contributed by atoms with E-state index < -0.39 is 10.9 Å². The van der Waals surface area contributed by atoms with E-state index in [-0.39, 0.29) is 11.8 Å². The summed E-state index contributed by atoms with van der Waals surface area (Å²) in [6.07, 6.45) is 1.23. The maximum absolute atomic E-state index is 13.1. The van der Waals surface area contributed by atoms with E-state index in [4.69, 9.17) is 4.74 Å². The molecule has 3 aliphatic rings. The van der Waals surface area contributed by atoms with Gasteiger partial charge < -0.3 is 19.9 Å². The van der Waals surface area contributed by atoms with Gasteiger partial charge in [-0.1, -0.05) is 30.3 Å². The van der Waals surface area contributed by atoms with Crippen molar-refractivity contribution in [2.24, 2.45) is 0 Å². The Hall–Kier alpha value is -2.51. The number of anilines is 2. The van der Waals surface area contributed by atoms with E-state index >= 15 is 0 Å². The lowest BCUT2D eigenvalue weighted by Crippen LogP contribution is -2.48. The van der Waals surface area contributed by atoms with Crippen molar-refractivity contribution in [3.05, 3.63) is 60.2 Å². The number of rotatable bonds is 4. The van der Waals surface area contributed by atoms with Gasteiger partial charge >= 0.3 is 0 Å². The molecule has 0 spiro atoms. The molecule has 7 heteroatoms. The van der Waals surface area contributed by atoms with Gasteiger partial charge in [0.05, 0.1) is 13.2 Å². The molecule has 3 aliphatic heterocycles. The fourth-order valence-electron chi connectivity index (χ4n) is 4.64. The smallest absolute Gasteiger partial charge is 0.248 e. The van der Waals surface area contributed by atoms with Crippen molar-refractivity contribution in [3.8, 4) is 0 Å². The second kappa shape index (κ2) is 7.96. The third-order valence-corrected chi connectivity index (χ3v) is 7.76. The zero-order valence-corrected chi connectivity index (χ0v) is 17.6. The van der Waals surface area contributed by atoms with E-state index in [1.807, 2.05) is 47.4 Å². The van der Waals surface area contributed by atoms with E-state index in [1.165, 1.54) is 0 Å². The molecule has 0 bridgehead atoms. The van der Waals surface area contributed by atoms with Crippen LogP contribution in [0.2, 0.25) is 0 Å². The summed E-state index contributed by atoms with van der Waals surface area (Å²) < 4.78 is 5.40. The van der Waals surface area contributed by atoms with Crippen LogP contribution in [0, 0.1) is 0 Å². The van der Waals surface area contributed by atoms with Gasteiger partial charge in [0, 0.05) is 36.6 Å². The van der Waals surface area contributed by atoms with E-state index in [2.05, 4.69) is 22.3 Å². The quantitative estimate of drug-likeness (QED) is 0.819. The number of nitrogens with zero attached hydrogens (tertiary/aromatic N) is 2. The Bertz CT molecular complexity index is 930. The topological polar surface area (TPSA) is 61.9 Å². The van der Waals surface area contributed by atoms with Crippen LogP contribution in [0.3, 0.4) is 0 Å². The first-order valence-electron chi connectivity index (χ1n) is 10.4. The molecule has 0 aliphatic carbocycles. The maximum Gasteiger partial charge on any atom is 0.248 e. The van der Waals surface area contributed by atoms with Crippen molar-refractivity contribution in [1.82, 2.24) is 4.90 Å². The molecule has 2 atom stereocenters. The van der Waals surface area contributed by atoms with Crippen molar-refractivity contribution in [2.45, 2.75) is 23.8 Å². The van der Waals surface area contributed by atoms with Gasteiger partial charge in [0.25, 0.3) is 0 Å². The second-order valence-electron chi connectivity index (χ2n) is 7.88. The third-order valence-electron chi connectivity index (χ3n) is 6.17. The van der Waals surface area contributed by atoms with Crippen LogP contribution in [-0.2, 0) is 19.2 Å². The van der Waals surface area contributed by atoms with E-state index in [1.54, 1.807) is 11.8 Å². The first-order valence-corrected chi connectivity index (χ1v) is 11.4. The molecule has 0 unspecified atom stereocenters. The number of hydrogen-bond donors (Lipinski definition) is 1. The number of morpholine rings is 1. The number of fused-ring (bicyclic) bond motifs is 1. The molecule has 5 rings (SSSR count). The fourth-order valence-corrected chi connectivity index (χ4v) is 6.29. The van der Waals surface area contributed by atoms with Crippen LogP contribution in [0.4, 0.5) is 11.4 Å². The molecule has 0 saturated carbocycles. The lowest BCUT2D eigenvalue weighted by Gasteiger charge is -2.34. The second-order valence-corrected chi connectivity index (χ2v) is 9.17. The highest BCUT2D eigenvalue weighted by Crippen LogP contribution is 2.54. The van der Waals surface area contributed by atoms with Crippen LogP contribution in [-0.4, -0.2) is 54.8 Å². The van der Waals surface area contributed by atoms with Gasteiger partial charge in [-0.05, 0) is 36.2 Å². The molecule has 2 aromatic rings. The molecular weight excluding hydrogens is 398 g/mol. The molecular formula is C23H25N3O3S. The number of carbonyl (C=O) groups excluding carboxylic acids is 2. The highest BCUT2D eigenvalue weighted by atomic mass is 32.2. The molecule has 6 nitrogen and oxygen atoms in total.